The monoisotopic (exact) mass is 377 g/mol. The number of rotatable bonds is 10. The molecule has 3 nitrogen and oxygen atoms in total. The Balaban J connectivity index is 1.97. The maximum Gasteiger partial charge on any atom is 0.195 e. The molecule has 1 heterocycles. The van der Waals surface area contributed by atoms with Gasteiger partial charge in [-0.3, -0.25) is 4.79 Å². The van der Waals surface area contributed by atoms with Gasteiger partial charge in [0, 0.05) is 23.8 Å². The highest BCUT2D eigenvalue weighted by molar-refractivity contribution is 6.17. The van der Waals surface area contributed by atoms with Crippen molar-refractivity contribution >= 4 is 16.7 Å². The minimum Gasteiger partial charge on any atom is -0.361 e. The van der Waals surface area contributed by atoms with Crippen LogP contribution < -0.4 is 0 Å². The number of ether oxygens (including phenoxy) is 1. The van der Waals surface area contributed by atoms with E-state index in [1.807, 2.05) is 55.5 Å². The van der Waals surface area contributed by atoms with Crippen molar-refractivity contribution in [2.45, 2.75) is 58.6 Å². The van der Waals surface area contributed by atoms with Gasteiger partial charge in [-0.2, -0.15) is 0 Å². The van der Waals surface area contributed by atoms with Crippen molar-refractivity contribution in [1.29, 1.82) is 0 Å². The van der Waals surface area contributed by atoms with Crippen molar-refractivity contribution in [2.75, 3.05) is 7.11 Å². The number of benzene rings is 2. The first-order valence-corrected chi connectivity index (χ1v) is 10.4. The molecule has 3 heteroatoms. The van der Waals surface area contributed by atoms with Crippen LogP contribution in [0, 0.1) is 6.92 Å². The van der Waals surface area contributed by atoms with Gasteiger partial charge in [0.05, 0.1) is 11.1 Å². The molecule has 148 valence electrons. The number of methoxy groups -OCH3 is 1. The SMILES string of the molecule is CCCCCCCC(OC)n1c(C)c(C(=O)c2ccccc2)c2ccccc21. The average Bonchev–Trinajstić information content (AvgIpc) is 3.03. The highest BCUT2D eigenvalue weighted by Crippen LogP contribution is 2.33. The Kier molecular flexibility index (Phi) is 7.05. The quantitative estimate of drug-likeness (QED) is 0.291. The summed E-state index contributed by atoms with van der Waals surface area (Å²) in [7, 11) is 1.77. The van der Waals surface area contributed by atoms with E-state index in [4.69, 9.17) is 4.74 Å². The largest absolute Gasteiger partial charge is 0.361 e. The minimum absolute atomic E-state index is 0.0520. The molecule has 0 bridgehead atoms. The van der Waals surface area contributed by atoms with E-state index >= 15 is 0 Å². The summed E-state index contributed by atoms with van der Waals surface area (Å²) < 4.78 is 8.10. The first-order valence-electron chi connectivity index (χ1n) is 10.4. The van der Waals surface area contributed by atoms with Crippen molar-refractivity contribution in [3.8, 4) is 0 Å². The Morgan fingerprint density at radius 1 is 0.964 bits per heavy atom. The molecule has 0 radical (unpaired) electrons. The third kappa shape index (κ3) is 4.20. The van der Waals surface area contributed by atoms with Gasteiger partial charge in [0.2, 0.25) is 0 Å². The van der Waals surface area contributed by atoms with E-state index in [0.29, 0.717) is 0 Å². The summed E-state index contributed by atoms with van der Waals surface area (Å²) in [4.78, 5) is 13.3. The van der Waals surface area contributed by atoms with Crippen LogP contribution in [0.15, 0.2) is 54.6 Å². The number of unbranched alkanes of at least 4 members (excludes halogenated alkanes) is 4. The summed E-state index contributed by atoms with van der Waals surface area (Å²) >= 11 is 0. The standard InChI is InChI=1S/C25H31NO2/c1-4-5-6-7-11-18-23(28-3)26-19(2)24(21-16-12-13-17-22(21)26)25(27)20-14-9-8-10-15-20/h8-10,12-17,23H,4-7,11,18H2,1-3H3. The minimum atomic E-state index is -0.0520. The second-order valence-corrected chi connectivity index (χ2v) is 7.44. The van der Waals surface area contributed by atoms with Crippen LogP contribution in [-0.4, -0.2) is 17.5 Å². The van der Waals surface area contributed by atoms with Crippen molar-refractivity contribution in [1.82, 2.24) is 4.57 Å². The fourth-order valence-corrected chi connectivity index (χ4v) is 4.06. The molecule has 0 amide bonds. The third-order valence-electron chi connectivity index (χ3n) is 5.53. The van der Waals surface area contributed by atoms with E-state index in [0.717, 1.165) is 40.6 Å². The van der Waals surface area contributed by atoms with Gasteiger partial charge in [-0.1, -0.05) is 81.1 Å². The summed E-state index contributed by atoms with van der Waals surface area (Å²) in [6.07, 6.45) is 7.07. The van der Waals surface area contributed by atoms with Crippen LogP contribution in [0.4, 0.5) is 0 Å². The molecule has 0 spiro atoms. The molecule has 1 atom stereocenters. The Morgan fingerprint density at radius 3 is 2.36 bits per heavy atom. The van der Waals surface area contributed by atoms with Gasteiger partial charge < -0.3 is 9.30 Å². The number of carbonyl (C=O) groups is 1. The van der Waals surface area contributed by atoms with Crippen LogP contribution in [0.5, 0.6) is 0 Å². The molecule has 1 aromatic heterocycles. The van der Waals surface area contributed by atoms with E-state index in [9.17, 15) is 4.79 Å². The molecule has 0 aliphatic heterocycles. The van der Waals surface area contributed by atoms with Crippen LogP contribution in [-0.2, 0) is 4.74 Å². The summed E-state index contributed by atoms with van der Waals surface area (Å²) in [5.74, 6) is 0.0749. The van der Waals surface area contributed by atoms with Crippen LogP contribution in [0.1, 0.15) is 73.3 Å². The van der Waals surface area contributed by atoms with E-state index in [1.165, 1.54) is 25.7 Å². The lowest BCUT2D eigenvalue weighted by Gasteiger charge is -2.21. The van der Waals surface area contributed by atoms with Crippen LogP contribution in [0.3, 0.4) is 0 Å². The molecule has 0 fully saturated rings. The molecule has 0 aliphatic carbocycles. The van der Waals surface area contributed by atoms with Crippen molar-refractivity contribution < 1.29 is 9.53 Å². The van der Waals surface area contributed by atoms with Crippen molar-refractivity contribution in [3.63, 3.8) is 0 Å². The molecule has 0 aliphatic rings. The molecule has 0 saturated heterocycles. The van der Waals surface area contributed by atoms with Crippen LogP contribution in [0.2, 0.25) is 0 Å². The molecule has 28 heavy (non-hydrogen) atoms. The van der Waals surface area contributed by atoms with Gasteiger partial charge in [0.15, 0.2) is 5.78 Å². The predicted molar refractivity (Wildman–Crippen MR) is 116 cm³/mol. The van der Waals surface area contributed by atoms with Crippen LogP contribution >= 0.6 is 0 Å². The fraction of sp³-hybridized carbons (Fsp3) is 0.400. The molecule has 3 aromatic rings. The highest BCUT2D eigenvalue weighted by Gasteiger charge is 2.24. The van der Waals surface area contributed by atoms with Crippen molar-refractivity contribution in [3.05, 3.63) is 71.4 Å². The topological polar surface area (TPSA) is 31.2 Å². The lowest BCUT2D eigenvalue weighted by molar-refractivity contribution is 0.0368. The summed E-state index contributed by atoms with van der Waals surface area (Å²) in [6.45, 7) is 4.28. The molecule has 1 unspecified atom stereocenters. The zero-order valence-corrected chi connectivity index (χ0v) is 17.3. The predicted octanol–water partition coefficient (Wildman–Crippen LogP) is 6.69. The second kappa shape index (κ2) is 9.70. The van der Waals surface area contributed by atoms with E-state index in [-0.39, 0.29) is 12.0 Å². The zero-order valence-electron chi connectivity index (χ0n) is 17.3. The molecule has 0 saturated carbocycles. The lowest BCUT2D eigenvalue weighted by Crippen LogP contribution is -2.14. The number of hydrogen-bond donors (Lipinski definition) is 0. The fourth-order valence-electron chi connectivity index (χ4n) is 4.06. The van der Waals surface area contributed by atoms with Gasteiger partial charge in [-0.25, -0.2) is 0 Å². The van der Waals surface area contributed by atoms with Gasteiger partial charge in [-0.05, 0) is 25.8 Å². The number of ketones is 1. The first kappa shape index (κ1) is 20.3. The number of carbonyl (C=O) groups excluding carboxylic acids is 1. The number of nitrogens with zero attached hydrogens (tertiary/aromatic N) is 1. The van der Waals surface area contributed by atoms with Gasteiger partial charge in [0.1, 0.15) is 6.23 Å². The summed E-state index contributed by atoms with van der Waals surface area (Å²) in [6, 6.07) is 17.7. The van der Waals surface area contributed by atoms with E-state index < -0.39 is 0 Å². The Bertz CT molecular complexity index is 911. The number of hydrogen-bond acceptors (Lipinski definition) is 2. The Morgan fingerprint density at radius 2 is 1.64 bits per heavy atom. The lowest BCUT2D eigenvalue weighted by atomic mass is 10.0. The maximum absolute atomic E-state index is 13.3. The normalized spacial score (nSPS) is 12.4. The molecular weight excluding hydrogens is 346 g/mol. The number of para-hydroxylation sites is 1. The zero-order chi connectivity index (χ0) is 19.9. The molecule has 3 rings (SSSR count). The second-order valence-electron chi connectivity index (χ2n) is 7.44. The number of fused-ring (bicyclic) bond motifs is 1. The third-order valence-corrected chi connectivity index (χ3v) is 5.53. The highest BCUT2D eigenvalue weighted by atomic mass is 16.5. The average molecular weight is 378 g/mol. The van der Waals surface area contributed by atoms with Gasteiger partial charge in [0.25, 0.3) is 0 Å². The number of aromatic nitrogens is 1. The van der Waals surface area contributed by atoms with Gasteiger partial charge in [-0.15, -0.1) is 0 Å². The summed E-state index contributed by atoms with van der Waals surface area (Å²) in [5, 5.41) is 1.00. The molecular formula is C25H31NO2. The molecule has 0 N–H and O–H groups in total. The van der Waals surface area contributed by atoms with Crippen LogP contribution in [0.25, 0.3) is 10.9 Å². The maximum atomic E-state index is 13.3. The first-order chi connectivity index (χ1) is 13.7. The van der Waals surface area contributed by atoms with Gasteiger partial charge >= 0.3 is 0 Å². The summed E-state index contributed by atoms with van der Waals surface area (Å²) in [5.41, 5.74) is 3.56. The van der Waals surface area contributed by atoms with E-state index in [2.05, 4.69) is 17.6 Å². The Labute approximate surface area is 168 Å². The van der Waals surface area contributed by atoms with Crippen molar-refractivity contribution in [2.24, 2.45) is 0 Å². The smallest absolute Gasteiger partial charge is 0.195 e. The van der Waals surface area contributed by atoms with E-state index in [1.54, 1.807) is 7.11 Å². The molecule has 2 aromatic carbocycles. The Hall–Kier alpha value is -2.39.